The number of amides is 1. The number of hydrogen-bond acceptors (Lipinski definition) is 3. The van der Waals surface area contributed by atoms with E-state index in [4.69, 9.17) is 0 Å². The summed E-state index contributed by atoms with van der Waals surface area (Å²) in [5.41, 5.74) is 4.12. The molecule has 0 aliphatic heterocycles. The fourth-order valence-corrected chi connectivity index (χ4v) is 2.21. The van der Waals surface area contributed by atoms with E-state index in [0.717, 1.165) is 17.5 Å². The van der Waals surface area contributed by atoms with Crippen LogP contribution >= 0.6 is 0 Å². The van der Waals surface area contributed by atoms with E-state index < -0.39 is 6.09 Å². The smallest absolute Gasteiger partial charge is 0.413 e. The number of imidazole rings is 1. The van der Waals surface area contributed by atoms with Crippen LogP contribution in [0.4, 0.5) is 10.7 Å². The number of H-pyrrole nitrogens is 1. The minimum absolute atomic E-state index is 0.383. The Balaban J connectivity index is 1.84. The van der Waals surface area contributed by atoms with Gasteiger partial charge in [0.05, 0.1) is 18.1 Å². The van der Waals surface area contributed by atoms with Crippen LogP contribution in [0.5, 0.6) is 0 Å². The zero-order chi connectivity index (χ0) is 14.7. The molecule has 0 aliphatic carbocycles. The van der Waals surface area contributed by atoms with Crippen molar-refractivity contribution in [3.8, 4) is 0 Å². The molecule has 0 saturated heterocycles. The molecule has 1 heterocycles. The van der Waals surface area contributed by atoms with E-state index in [1.54, 1.807) is 0 Å². The predicted molar refractivity (Wildman–Crippen MR) is 81.4 cm³/mol. The zero-order valence-corrected chi connectivity index (χ0v) is 11.6. The molecule has 1 amide bonds. The summed E-state index contributed by atoms with van der Waals surface area (Å²) in [6, 6.07) is 16.3. The average molecular weight is 281 g/mol. The van der Waals surface area contributed by atoms with E-state index in [9.17, 15) is 4.79 Å². The van der Waals surface area contributed by atoms with Gasteiger partial charge in [-0.2, -0.15) is 0 Å². The summed E-state index contributed by atoms with van der Waals surface area (Å²) in [7, 11) is 1.32. The predicted octanol–water partition coefficient (Wildman–Crippen LogP) is 3.33. The van der Waals surface area contributed by atoms with E-state index in [0.29, 0.717) is 5.95 Å². The van der Waals surface area contributed by atoms with Crippen LogP contribution in [0.25, 0.3) is 11.0 Å². The van der Waals surface area contributed by atoms with Gasteiger partial charge in [-0.1, -0.05) is 36.4 Å². The number of hydrogen-bond donors (Lipinski definition) is 2. The van der Waals surface area contributed by atoms with Crippen molar-refractivity contribution < 1.29 is 9.53 Å². The maximum Gasteiger partial charge on any atom is 0.413 e. The van der Waals surface area contributed by atoms with Gasteiger partial charge in [-0.25, -0.2) is 9.78 Å². The summed E-state index contributed by atoms with van der Waals surface area (Å²) in [5.74, 6) is 0.383. The fourth-order valence-electron chi connectivity index (χ4n) is 2.21. The minimum atomic E-state index is -0.543. The second-order valence-corrected chi connectivity index (χ2v) is 4.72. The molecule has 0 bridgehead atoms. The van der Waals surface area contributed by atoms with Gasteiger partial charge in [-0.15, -0.1) is 0 Å². The molecule has 0 unspecified atom stereocenters. The summed E-state index contributed by atoms with van der Waals surface area (Å²) in [4.78, 5) is 18.5. The third-order valence-corrected chi connectivity index (χ3v) is 3.20. The Hall–Kier alpha value is -2.82. The molecule has 0 saturated carbocycles. The molecule has 21 heavy (non-hydrogen) atoms. The van der Waals surface area contributed by atoms with Gasteiger partial charge in [-0.05, 0) is 29.7 Å². The van der Waals surface area contributed by atoms with Crippen molar-refractivity contribution in [1.82, 2.24) is 9.97 Å². The van der Waals surface area contributed by atoms with Crippen LogP contribution in [0, 0.1) is 0 Å². The lowest BCUT2D eigenvalue weighted by Gasteiger charge is -2.01. The fraction of sp³-hybridized carbons (Fsp3) is 0.125. The molecule has 3 rings (SSSR count). The summed E-state index contributed by atoms with van der Waals surface area (Å²) < 4.78 is 4.54. The largest absolute Gasteiger partial charge is 0.453 e. The van der Waals surface area contributed by atoms with Gasteiger partial charge in [0.2, 0.25) is 5.95 Å². The Morgan fingerprint density at radius 1 is 1.19 bits per heavy atom. The number of anilines is 1. The number of fused-ring (bicyclic) bond motifs is 1. The molecule has 0 spiro atoms. The van der Waals surface area contributed by atoms with Crippen molar-refractivity contribution >= 4 is 23.1 Å². The molecule has 5 nitrogen and oxygen atoms in total. The van der Waals surface area contributed by atoms with E-state index in [1.165, 1.54) is 18.2 Å². The number of benzene rings is 2. The average Bonchev–Trinajstić information content (AvgIpc) is 2.89. The molecule has 0 aliphatic rings. The Bertz CT molecular complexity index is 766. The molecule has 5 heteroatoms. The highest BCUT2D eigenvalue weighted by Gasteiger charge is 2.07. The molecule has 1 aromatic heterocycles. The Kier molecular flexibility index (Phi) is 3.55. The van der Waals surface area contributed by atoms with Gasteiger partial charge in [-0.3, -0.25) is 5.32 Å². The Labute approximate surface area is 122 Å². The molecular formula is C16H15N3O2. The van der Waals surface area contributed by atoms with Crippen LogP contribution in [-0.2, 0) is 11.2 Å². The lowest BCUT2D eigenvalue weighted by atomic mass is 10.0. The first kappa shape index (κ1) is 13.2. The van der Waals surface area contributed by atoms with Gasteiger partial charge in [0, 0.05) is 0 Å². The number of aromatic amines is 1. The third kappa shape index (κ3) is 3.02. The normalized spacial score (nSPS) is 10.5. The molecule has 0 fully saturated rings. The SMILES string of the molecule is COC(=O)Nc1nc2ccc(Cc3ccccc3)cc2[nH]1. The van der Waals surface area contributed by atoms with Crippen molar-refractivity contribution in [1.29, 1.82) is 0 Å². The summed E-state index contributed by atoms with van der Waals surface area (Å²) in [6.07, 6.45) is 0.314. The zero-order valence-electron chi connectivity index (χ0n) is 11.6. The summed E-state index contributed by atoms with van der Waals surface area (Å²) in [6.45, 7) is 0. The number of carbonyl (C=O) groups is 1. The maximum atomic E-state index is 11.2. The monoisotopic (exact) mass is 281 g/mol. The van der Waals surface area contributed by atoms with Crippen LogP contribution < -0.4 is 5.32 Å². The van der Waals surface area contributed by atoms with Crippen molar-refractivity contribution in [3.05, 3.63) is 59.7 Å². The molecule has 2 N–H and O–H groups in total. The van der Waals surface area contributed by atoms with E-state index in [1.807, 2.05) is 36.4 Å². The number of nitrogens with zero attached hydrogens (tertiary/aromatic N) is 1. The third-order valence-electron chi connectivity index (χ3n) is 3.20. The molecular weight excluding hydrogens is 266 g/mol. The molecule has 0 atom stereocenters. The lowest BCUT2D eigenvalue weighted by Crippen LogP contribution is -2.11. The Morgan fingerprint density at radius 2 is 2.00 bits per heavy atom. The molecule has 2 aromatic carbocycles. The van der Waals surface area contributed by atoms with Gasteiger partial charge < -0.3 is 9.72 Å². The first-order chi connectivity index (χ1) is 10.2. The van der Waals surface area contributed by atoms with Gasteiger partial charge in [0.15, 0.2) is 0 Å². The quantitative estimate of drug-likeness (QED) is 0.773. The highest BCUT2D eigenvalue weighted by molar-refractivity contribution is 5.86. The number of aromatic nitrogens is 2. The van der Waals surface area contributed by atoms with E-state index >= 15 is 0 Å². The maximum absolute atomic E-state index is 11.2. The van der Waals surface area contributed by atoms with Crippen molar-refractivity contribution in [2.45, 2.75) is 6.42 Å². The second-order valence-electron chi connectivity index (χ2n) is 4.72. The van der Waals surface area contributed by atoms with E-state index in [2.05, 4.69) is 32.2 Å². The first-order valence-electron chi connectivity index (χ1n) is 6.62. The molecule has 106 valence electrons. The molecule has 0 radical (unpaired) electrons. The summed E-state index contributed by atoms with van der Waals surface area (Å²) in [5, 5.41) is 2.52. The Morgan fingerprint density at radius 3 is 2.76 bits per heavy atom. The van der Waals surface area contributed by atoms with E-state index in [-0.39, 0.29) is 0 Å². The van der Waals surface area contributed by atoms with Gasteiger partial charge in [0.25, 0.3) is 0 Å². The minimum Gasteiger partial charge on any atom is -0.453 e. The van der Waals surface area contributed by atoms with Crippen LogP contribution in [0.2, 0.25) is 0 Å². The number of methoxy groups -OCH3 is 1. The van der Waals surface area contributed by atoms with Crippen molar-refractivity contribution in [3.63, 3.8) is 0 Å². The first-order valence-corrected chi connectivity index (χ1v) is 6.62. The van der Waals surface area contributed by atoms with Crippen LogP contribution in [0.15, 0.2) is 48.5 Å². The van der Waals surface area contributed by atoms with Crippen molar-refractivity contribution in [2.24, 2.45) is 0 Å². The van der Waals surface area contributed by atoms with Crippen molar-refractivity contribution in [2.75, 3.05) is 12.4 Å². The number of nitrogens with one attached hydrogen (secondary N) is 2. The van der Waals surface area contributed by atoms with Crippen LogP contribution in [0.3, 0.4) is 0 Å². The van der Waals surface area contributed by atoms with Gasteiger partial charge in [0.1, 0.15) is 0 Å². The standard InChI is InChI=1S/C16H15N3O2/c1-21-16(20)19-15-17-13-8-7-12(10-14(13)18-15)9-11-5-3-2-4-6-11/h2-8,10H,9H2,1H3,(H2,17,18,19,20). The van der Waals surface area contributed by atoms with Crippen LogP contribution in [-0.4, -0.2) is 23.2 Å². The molecule has 3 aromatic rings. The lowest BCUT2D eigenvalue weighted by molar-refractivity contribution is 0.186. The number of carbonyl (C=O) groups excluding carboxylic acids is 1. The summed E-state index contributed by atoms with van der Waals surface area (Å²) >= 11 is 0. The number of ether oxygens (including phenoxy) is 1. The highest BCUT2D eigenvalue weighted by Crippen LogP contribution is 2.18. The van der Waals surface area contributed by atoms with Crippen LogP contribution in [0.1, 0.15) is 11.1 Å². The highest BCUT2D eigenvalue weighted by atomic mass is 16.5. The second kappa shape index (κ2) is 5.66. The van der Waals surface area contributed by atoms with Gasteiger partial charge >= 0.3 is 6.09 Å². The number of rotatable bonds is 3. The topological polar surface area (TPSA) is 67.0 Å².